The quantitative estimate of drug-likeness (QED) is 0.190. The Balaban J connectivity index is 1.85. The summed E-state index contributed by atoms with van der Waals surface area (Å²) in [5.74, 6) is 0.121. The first kappa shape index (κ1) is 26.6. The first-order valence-electron chi connectivity index (χ1n) is 13.0. The molecule has 3 aromatic rings. The van der Waals surface area contributed by atoms with E-state index in [1.807, 2.05) is 0 Å². The molecule has 5 nitrogen and oxygen atoms in total. The first-order chi connectivity index (χ1) is 17.7. The Labute approximate surface area is 216 Å². The third-order valence-electron chi connectivity index (χ3n) is 6.43. The molecule has 0 saturated heterocycles. The maximum Gasteiger partial charge on any atom is 0.0622 e. The summed E-state index contributed by atoms with van der Waals surface area (Å²) < 4.78 is 0. The van der Waals surface area contributed by atoms with Crippen molar-refractivity contribution in [2.75, 3.05) is 41.7 Å². The summed E-state index contributed by atoms with van der Waals surface area (Å²) in [7, 11) is 0. The molecule has 0 spiro atoms. The molecular weight excluding hydrogens is 442 g/mol. The second-order valence-corrected chi connectivity index (χ2v) is 8.82. The summed E-state index contributed by atoms with van der Waals surface area (Å²) in [6.07, 6.45) is 2.83. The van der Waals surface area contributed by atoms with Crippen molar-refractivity contribution in [2.45, 2.75) is 45.4 Å². The molecule has 36 heavy (non-hydrogen) atoms. The largest absolute Gasteiger partial charge is 0.385 e. The van der Waals surface area contributed by atoms with E-state index in [0.717, 1.165) is 50.4 Å². The summed E-state index contributed by atoms with van der Waals surface area (Å²) in [5, 5.41) is 24.3. The molecule has 5 heteroatoms. The molecule has 3 rings (SSSR count). The van der Waals surface area contributed by atoms with E-state index in [2.05, 4.69) is 114 Å². The van der Waals surface area contributed by atoms with Gasteiger partial charge in [0, 0.05) is 62.0 Å². The second-order valence-electron chi connectivity index (χ2n) is 8.82. The van der Waals surface area contributed by atoms with Gasteiger partial charge in [-0.05, 0) is 79.8 Å². The summed E-state index contributed by atoms with van der Waals surface area (Å²) >= 11 is 0. The predicted molar refractivity (Wildman–Crippen MR) is 151 cm³/mol. The topological polar surface area (TPSA) is 74.9 Å². The van der Waals surface area contributed by atoms with Gasteiger partial charge < -0.3 is 15.5 Å². The molecule has 0 bridgehead atoms. The monoisotopic (exact) mass is 479 g/mol. The molecular formula is C31H37N5. The highest BCUT2D eigenvalue weighted by molar-refractivity contribution is 5.55. The van der Waals surface area contributed by atoms with Gasteiger partial charge in [0.1, 0.15) is 0 Å². The predicted octanol–water partition coefficient (Wildman–Crippen LogP) is 7.14. The van der Waals surface area contributed by atoms with Crippen LogP contribution in [0.2, 0.25) is 0 Å². The SMILES string of the molecule is CCN(CC)c1ccc(C(c2ccc(NCCCC#N)cc2)c2ccc(NCCCC#N)cc2)cc1. The lowest BCUT2D eigenvalue weighted by atomic mass is 9.85. The van der Waals surface area contributed by atoms with Crippen LogP contribution in [0.25, 0.3) is 0 Å². The smallest absolute Gasteiger partial charge is 0.0622 e. The number of rotatable bonds is 14. The zero-order valence-corrected chi connectivity index (χ0v) is 21.5. The summed E-state index contributed by atoms with van der Waals surface area (Å²) in [6.45, 7) is 7.95. The number of nitrogens with one attached hydrogen (secondary N) is 2. The average Bonchev–Trinajstić information content (AvgIpc) is 2.92. The van der Waals surface area contributed by atoms with Gasteiger partial charge >= 0.3 is 0 Å². The van der Waals surface area contributed by atoms with Crippen LogP contribution in [0.4, 0.5) is 17.1 Å². The van der Waals surface area contributed by atoms with Gasteiger partial charge in [-0.2, -0.15) is 10.5 Å². The standard InChI is InChI=1S/C31H37N5/c1-3-36(4-2)30-19-13-27(14-20-30)31(25-9-15-28(16-10-25)34-23-7-5-21-32)26-11-17-29(18-12-26)35-24-8-6-22-33/h9-20,31,34-35H,3-8,23-24H2,1-2H3. The normalized spacial score (nSPS) is 10.5. The van der Waals surface area contributed by atoms with E-state index in [-0.39, 0.29) is 5.92 Å². The third kappa shape index (κ3) is 7.52. The molecule has 0 aliphatic carbocycles. The first-order valence-corrected chi connectivity index (χ1v) is 13.0. The van der Waals surface area contributed by atoms with Crippen LogP contribution in [-0.2, 0) is 0 Å². The lowest BCUT2D eigenvalue weighted by Gasteiger charge is -2.23. The van der Waals surface area contributed by atoms with Gasteiger partial charge in [0.15, 0.2) is 0 Å². The van der Waals surface area contributed by atoms with Crippen LogP contribution in [0.1, 0.15) is 62.1 Å². The maximum absolute atomic E-state index is 8.74. The lowest BCUT2D eigenvalue weighted by molar-refractivity contribution is 0.864. The maximum atomic E-state index is 8.74. The van der Waals surface area contributed by atoms with Crippen LogP contribution in [0.15, 0.2) is 72.8 Å². The Morgan fingerprint density at radius 1 is 0.639 bits per heavy atom. The summed E-state index contributed by atoms with van der Waals surface area (Å²) in [4.78, 5) is 2.36. The Kier molecular flexibility index (Phi) is 10.7. The van der Waals surface area contributed by atoms with Crippen LogP contribution in [0, 0.1) is 22.7 Å². The van der Waals surface area contributed by atoms with Crippen molar-refractivity contribution in [2.24, 2.45) is 0 Å². The van der Waals surface area contributed by atoms with Crippen molar-refractivity contribution in [3.8, 4) is 12.1 Å². The van der Waals surface area contributed by atoms with Crippen LogP contribution in [0.5, 0.6) is 0 Å². The van der Waals surface area contributed by atoms with Crippen LogP contribution >= 0.6 is 0 Å². The molecule has 0 unspecified atom stereocenters. The number of hydrogen-bond donors (Lipinski definition) is 2. The zero-order chi connectivity index (χ0) is 25.6. The molecule has 0 fully saturated rings. The van der Waals surface area contributed by atoms with E-state index in [4.69, 9.17) is 10.5 Å². The van der Waals surface area contributed by atoms with E-state index >= 15 is 0 Å². The molecule has 0 aliphatic rings. The fourth-order valence-corrected chi connectivity index (χ4v) is 4.43. The van der Waals surface area contributed by atoms with E-state index in [1.165, 1.54) is 22.4 Å². The molecule has 186 valence electrons. The Bertz CT molecular complexity index is 1050. The molecule has 2 N–H and O–H groups in total. The van der Waals surface area contributed by atoms with Gasteiger partial charge in [0.05, 0.1) is 12.1 Å². The van der Waals surface area contributed by atoms with Gasteiger partial charge in [0.2, 0.25) is 0 Å². The fraction of sp³-hybridized carbons (Fsp3) is 0.355. The van der Waals surface area contributed by atoms with Crippen LogP contribution < -0.4 is 15.5 Å². The Morgan fingerprint density at radius 2 is 1.03 bits per heavy atom. The molecule has 0 saturated carbocycles. The van der Waals surface area contributed by atoms with E-state index in [9.17, 15) is 0 Å². The highest BCUT2D eigenvalue weighted by Crippen LogP contribution is 2.34. The Morgan fingerprint density at radius 3 is 1.39 bits per heavy atom. The fourth-order valence-electron chi connectivity index (χ4n) is 4.43. The minimum absolute atomic E-state index is 0.121. The number of anilines is 3. The molecule has 0 aliphatic heterocycles. The number of nitriles is 2. The van der Waals surface area contributed by atoms with Crippen molar-refractivity contribution < 1.29 is 0 Å². The van der Waals surface area contributed by atoms with Gasteiger partial charge in [-0.3, -0.25) is 0 Å². The highest BCUT2D eigenvalue weighted by Gasteiger charge is 2.17. The minimum atomic E-state index is 0.121. The zero-order valence-electron chi connectivity index (χ0n) is 21.5. The molecule has 0 heterocycles. The van der Waals surface area contributed by atoms with E-state index < -0.39 is 0 Å². The van der Waals surface area contributed by atoms with Crippen molar-refractivity contribution in [3.63, 3.8) is 0 Å². The average molecular weight is 480 g/mol. The number of hydrogen-bond acceptors (Lipinski definition) is 5. The number of unbranched alkanes of at least 4 members (excludes halogenated alkanes) is 2. The molecule has 0 aromatic heterocycles. The molecule has 0 radical (unpaired) electrons. The highest BCUT2D eigenvalue weighted by atomic mass is 15.1. The Hall–Kier alpha value is -3.96. The van der Waals surface area contributed by atoms with E-state index in [0.29, 0.717) is 12.8 Å². The van der Waals surface area contributed by atoms with Gasteiger partial charge in [-0.1, -0.05) is 36.4 Å². The van der Waals surface area contributed by atoms with Crippen molar-refractivity contribution in [1.82, 2.24) is 0 Å². The summed E-state index contributed by atoms with van der Waals surface area (Å²) in [6, 6.07) is 30.7. The lowest BCUT2D eigenvalue weighted by Crippen LogP contribution is -2.21. The van der Waals surface area contributed by atoms with Crippen molar-refractivity contribution in [3.05, 3.63) is 89.5 Å². The van der Waals surface area contributed by atoms with Crippen molar-refractivity contribution >= 4 is 17.1 Å². The van der Waals surface area contributed by atoms with Crippen LogP contribution in [-0.4, -0.2) is 26.2 Å². The molecule has 0 amide bonds. The summed E-state index contributed by atoms with van der Waals surface area (Å²) in [5.41, 5.74) is 7.13. The number of benzene rings is 3. The third-order valence-corrected chi connectivity index (χ3v) is 6.43. The minimum Gasteiger partial charge on any atom is -0.385 e. The van der Waals surface area contributed by atoms with Gasteiger partial charge in [-0.15, -0.1) is 0 Å². The van der Waals surface area contributed by atoms with Crippen molar-refractivity contribution in [1.29, 1.82) is 10.5 Å². The van der Waals surface area contributed by atoms with Crippen LogP contribution in [0.3, 0.4) is 0 Å². The molecule has 3 aromatic carbocycles. The van der Waals surface area contributed by atoms with E-state index in [1.54, 1.807) is 0 Å². The van der Waals surface area contributed by atoms with Gasteiger partial charge in [0.25, 0.3) is 0 Å². The second kappa shape index (κ2) is 14.4. The van der Waals surface area contributed by atoms with Gasteiger partial charge in [-0.25, -0.2) is 0 Å². The number of nitrogens with zero attached hydrogens (tertiary/aromatic N) is 3. The molecule has 0 atom stereocenters.